The minimum Gasteiger partial charge on any atom is -0.479 e. The number of carboxylic acids is 1. The van der Waals surface area contributed by atoms with Crippen LogP contribution in [0.5, 0.6) is 0 Å². The lowest BCUT2D eigenvalue weighted by Crippen LogP contribution is -2.15. The van der Waals surface area contributed by atoms with Crippen molar-refractivity contribution in [1.29, 1.82) is 0 Å². The summed E-state index contributed by atoms with van der Waals surface area (Å²) in [6, 6.07) is 4.95. The molecule has 2 N–H and O–H groups in total. The van der Waals surface area contributed by atoms with E-state index in [-0.39, 0.29) is 17.8 Å². The summed E-state index contributed by atoms with van der Waals surface area (Å²) in [5.41, 5.74) is 1.37. The van der Waals surface area contributed by atoms with Crippen LogP contribution in [0.15, 0.2) is 18.2 Å². The lowest BCUT2D eigenvalue weighted by atomic mass is 9.95. The summed E-state index contributed by atoms with van der Waals surface area (Å²) < 4.78 is 0. The van der Waals surface area contributed by atoms with E-state index in [0.29, 0.717) is 5.56 Å². The van der Waals surface area contributed by atoms with Crippen LogP contribution in [0.4, 0.5) is 0 Å². The van der Waals surface area contributed by atoms with Crippen molar-refractivity contribution in [3.05, 3.63) is 34.9 Å². The first-order valence-corrected chi connectivity index (χ1v) is 5.58. The summed E-state index contributed by atoms with van der Waals surface area (Å²) in [5, 5.41) is 18.4. The first-order valence-electron chi connectivity index (χ1n) is 5.58. The zero-order chi connectivity index (χ0) is 13.0. The van der Waals surface area contributed by atoms with Crippen molar-refractivity contribution in [2.75, 3.05) is 0 Å². The average Bonchev–Trinajstić information content (AvgIpc) is 2.35. The third-order valence-electron chi connectivity index (χ3n) is 2.67. The largest absolute Gasteiger partial charge is 0.479 e. The van der Waals surface area contributed by atoms with Gasteiger partial charge in [-0.1, -0.05) is 32.0 Å². The molecule has 4 heteroatoms. The molecule has 1 atom stereocenters. The minimum atomic E-state index is -1.65. The van der Waals surface area contributed by atoms with E-state index in [4.69, 9.17) is 5.11 Å². The van der Waals surface area contributed by atoms with Crippen molar-refractivity contribution in [3.63, 3.8) is 0 Å². The number of carboxylic acid groups (broad SMARTS) is 1. The van der Waals surface area contributed by atoms with Crippen molar-refractivity contribution < 1.29 is 19.8 Å². The highest BCUT2D eigenvalue weighted by atomic mass is 16.4. The van der Waals surface area contributed by atoms with Gasteiger partial charge in [0.05, 0.1) is 0 Å². The van der Waals surface area contributed by atoms with Gasteiger partial charge < -0.3 is 10.2 Å². The summed E-state index contributed by atoms with van der Waals surface area (Å²) in [5.74, 6) is -1.51. The Labute approximate surface area is 99.9 Å². The molecule has 4 nitrogen and oxygen atoms in total. The third-order valence-corrected chi connectivity index (χ3v) is 2.67. The number of aliphatic hydroxyl groups excluding tert-OH is 1. The Morgan fingerprint density at radius 3 is 2.41 bits per heavy atom. The van der Waals surface area contributed by atoms with Gasteiger partial charge in [0.15, 0.2) is 11.9 Å². The summed E-state index contributed by atoms with van der Waals surface area (Å²) in [4.78, 5) is 22.5. The maximum absolute atomic E-state index is 11.7. The molecule has 0 aliphatic heterocycles. The molecule has 0 heterocycles. The van der Waals surface area contributed by atoms with Crippen LogP contribution in [0.3, 0.4) is 0 Å². The fraction of sp³-hybridized carbons (Fsp3) is 0.385. The normalized spacial score (nSPS) is 12.2. The van der Waals surface area contributed by atoms with Crippen molar-refractivity contribution in [2.45, 2.75) is 32.8 Å². The predicted molar refractivity (Wildman–Crippen MR) is 63.0 cm³/mol. The molecule has 17 heavy (non-hydrogen) atoms. The number of Topliss-reactive ketones (excluding diaryl/α,β-unsaturated/α-hetero) is 1. The molecule has 0 saturated carbocycles. The molecule has 1 aromatic carbocycles. The number of carbonyl (C=O) groups is 2. The smallest absolute Gasteiger partial charge is 0.337 e. The standard InChI is InChI=1S/C13H16O4/c1-3-8-5-6-9(11(14)4-2)10(7-8)12(15)13(16)17/h5-7,12,15H,3-4H2,1-2H3,(H,16,17). The lowest BCUT2D eigenvalue weighted by Gasteiger charge is -2.12. The molecular weight excluding hydrogens is 220 g/mol. The number of benzene rings is 1. The number of rotatable bonds is 5. The Balaban J connectivity index is 3.30. The van der Waals surface area contributed by atoms with Gasteiger partial charge in [0.25, 0.3) is 0 Å². The Kier molecular flexibility index (Phi) is 4.40. The fourth-order valence-corrected chi connectivity index (χ4v) is 1.64. The van der Waals surface area contributed by atoms with Crippen LogP contribution < -0.4 is 0 Å². The van der Waals surface area contributed by atoms with Gasteiger partial charge in [-0.2, -0.15) is 0 Å². The van der Waals surface area contributed by atoms with Crippen molar-refractivity contribution in [1.82, 2.24) is 0 Å². The van der Waals surface area contributed by atoms with Gasteiger partial charge in [0.2, 0.25) is 0 Å². The Morgan fingerprint density at radius 2 is 1.94 bits per heavy atom. The highest BCUT2D eigenvalue weighted by molar-refractivity contribution is 5.98. The van der Waals surface area contributed by atoms with Gasteiger partial charge in [-0.15, -0.1) is 0 Å². The third kappa shape index (κ3) is 2.91. The van der Waals surface area contributed by atoms with Crippen LogP contribution in [0, 0.1) is 0 Å². The molecule has 1 rings (SSSR count). The first-order chi connectivity index (χ1) is 8.01. The molecule has 0 amide bonds. The van der Waals surface area contributed by atoms with Gasteiger partial charge in [-0.05, 0) is 12.0 Å². The van der Waals surface area contributed by atoms with E-state index < -0.39 is 12.1 Å². The molecule has 1 aromatic rings. The molecule has 92 valence electrons. The van der Waals surface area contributed by atoms with Gasteiger partial charge in [-0.25, -0.2) is 4.79 Å². The van der Waals surface area contributed by atoms with E-state index in [1.165, 1.54) is 0 Å². The highest BCUT2D eigenvalue weighted by Gasteiger charge is 2.22. The zero-order valence-corrected chi connectivity index (χ0v) is 9.93. The average molecular weight is 236 g/mol. The first kappa shape index (κ1) is 13.4. The van der Waals surface area contributed by atoms with Gasteiger partial charge in [-0.3, -0.25) is 4.79 Å². The molecule has 0 spiro atoms. The van der Waals surface area contributed by atoms with Gasteiger partial charge >= 0.3 is 5.97 Å². The molecule has 0 fully saturated rings. The van der Waals surface area contributed by atoms with E-state index >= 15 is 0 Å². The monoisotopic (exact) mass is 236 g/mol. The second-order valence-corrected chi connectivity index (χ2v) is 3.79. The quantitative estimate of drug-likeness (QED) is 0.766. The van der Waals surface area contributed by atoms with Crippen LogP contribution >= 0.6 is 0 Å². The van der Waals surface area contributed by atoms with Crippen LogP contribution in [-0.4, -0.2) is 22.0 Å². The Morgan fingerprint density at radius 1 is 1.29 bits per heavy atom. The molecule has 1 unspecified atom stereocenters. The Bertz CT molecular complexity index is 437. The van der Waals surface area contributed by atoms with Crippen LogP contribution in [0.25, 0.3) is 0 Å². The number of aliphatic carboxylic acids is 1. The van der Waals surface area contributed by atoms with E-state index in [1.54, 1.807) is 25.1 Å². The van der Waals surface area contributed by atoms with Crippen molar-refractivity contribution in [3.8, 4) is 0 Å². The van der Waals surface area contributed by atoms with Crippen LogP contribution in [0.1, 0.15) is 47.9 Å². The summed E-state index contributed by atoms with van der Waals surface area (Å²) >= 11 is 0. The van der Waals surface area contributed by atoms with E-state index in [1.807, 2.05) is 6.92 Å². The fourth-order valence-electron chi connectivity index (χ4n) is 1.64. The molecule has 0 aromatic heterocycles. The minimum absolute atomic E-state index is 0.164. The predicted octanol–water partition coefficient (Wildman–Crippen LogP) is 1.96. The summed E-state index contributed by atoms with van der Waals surface area (Å²) in [6.07, 6.45) is -0.642. The maximum Gasteiger partial charge on any atom is 0.337 e. The van der Waals surface area contributed by atoms with Gasteiger partial charge in [0, 0.05) is 17.5 Å². The van der Waals surface area contributed by atoms with E-state index in [9.17, 15) is 14.7 Å². The topological polar surface area (TPSA) is 74.6 Å². The number of aliphatic hydroxyl groups is 1. The molecule has 0 radical (unpaired) electrons. The second-order valence-electron chi connectivity index (χ2n) is 3.79. The highest BCUT2D eigenvalue weighted by Crippen LogP contribution is 2.22. The van der Waals surface area contributed by atoms with E-state index in [0.717, 1.165) is 12.0 Å². The number of hydrogen-bond donors (Lipinski definition) is 2. The Hall–Kier alpha value is -1.68. The molecule has 0 aliphatic carbocycles. The van der Waals surface area contributed by atoms with Gasteiger partial charge in [0.1, 0.15) is 0 Å². The number of aryl methyl sites for hydroxylation is 1. The SMILES string of the molecule is CCC(=O)c1ccc(CC)cc1C(O)C(=O)O. The van der Waals surface area contributed by atoms with E-state index in [2.05, 4.69) is 0 Å². The van der Waals surface area contributed by atoms with Crippen LogP contribution in [0.2, 0.25) is 0 Å². The number of carbonyl (C=O) groups excluding carboxylic acids is 1. The zero-order valence-electron chi connectivity index (χ0n) is 9.93. The number of hydrogen-bond acceptors (Lipinski definition) is 3. The van der Waals surface area contributed by atoms with Crippen molar-refractivity contribution in [2.24, 2.45) is 0 Å². The summed E-state index contributed by atoms with van der Waals surface area (Å²) in [6.45, 7) is 3.63. The maximum atomic E-state index is 11.7. The second kappa shape index (κ2) is 5.59. The molecular formula is C13H16O4. The van der Waals surface area contributed by atoms with Crippen LogP contribution in [-0.2, 0) is 11.2 Å². The number of ketones is 1. The van der Waals surface area contributed by atoms with Crippen molar-refractivity contribution >= 4 is 11.8 Å². The molecule has 0 aliphatic rings. The molecule has 0 bridgehead atoms. The molecule has 0 saturated heterocycles. The lowest BCUT2D eigenvalue weighted by molar-refractivity contribution is -0.146. The summed E-state index contributed by atoms with van der Waals surface area (Å²) in [7, 11) is 0.